The Morgan fingerprint density at radius 1 is 1.37 bits per heavy atom. The minimum Gasteiger partial charge on any atom is -0.497 e. The molecule has 1 aromatic carbocycles. The number of benzene rings is 1. The van der Waals surface area contributed by atoms with Crippen LogP contribution in [0.2, 0.25) is 0 Å². The molecule has 1 aliphatic rings. The van der Waals surface area contributed by atoms with Crippen LogP contribution in [0.15, 0.2) is 18.2 Å². The molecule has 1 atom stereocenters. The molecule has 2 rings (SSSR count). The van der Waals surface area contributed by atoms with E-state index in [1.807, 2.05) is 0 Å². The Hall–Kier alpha value is -1.75. The molecule has 0 saturated carbocycles. The number of hydrogen-bond acceptors (Lipinski definition) is 4. The SMILES string of the molecule is COc1ccc(NC(=O)C2CCCNC2)c(OC)c1. The maximum absolute atomic E-state index is 12.2. The molecule has 1 amide bonds. The molecule has 104 valence electrons. The van der Waals surface area contributed by atoms with Crippen LogP contribution < -0.4 is 20.1 Å². The van der Waals surface area contributed by atoms with Crippen LogP contribution in [0.4, 0.5) is 5.69 Å². The van der Waals surface area contributed by atoms with E-state index in [1.165, 1.54) is 0 Å². The maximum Gasteiger partial charge on any atom is 0.228 e. The molecule has 1 aromatic rings. The lowest BCUT2D eigenvalue weighted by Crippen LogP contribution is -2.37. The molecule has 1 unspecified atom stereocenters. The first kappa shape index (κ1) is 13.7. The molecule has 0 radical (unpaired) electrons. The van der Waals surface area contributed by atoms with Crippen LogP contribution in [-0.4, -0.2) is 33.2 Å². The van der Waals surface area contributed by atoms with Gasteiger partial charge >= 0.3 is 0 Å². The summed E-state index contributed by atoms with van der Waals surface area (Å²) in [5, 5.41) is 6.16. The van der Waals surface area contributed by atoms with Crippen LogP contribution in [0.3, 0.4) is 0 Å². The van der Waals surface area contributed by atoms with Gasteiger partial charge < -0.3 is 20.1 Å². The van der Waals surface area contributed by atoms with E-state index in [-0.39, 0.29) is 11.8 Å². The van der Waals surface area contributed by atoms with E-state index < -0.39 is 0 Å². The van der Waals surface area contributed by atoms with Gasteiger partial charge in [0, 0.05) is 12.6 Å². The minimum absolute atomic E-state index is 0.0283. The van der Waals surface area contributed by atoms with E-state index in [0.717, 1.165) is 25.9 Å². The summed E-state index contributed by atoms with van der Waals surface area (Å²) in [6.07, 6.45) is 1.97. The lowest BCUT2D eigenvalue weighted by molar-refractivity contribution is -0.120. The minimum atomic E-state index is 0.0283. The molecule has 0 aromatic heterocycles. The van der Waals surface area contributed by atoms with Crippen molar-refractivity contribution in [2.45, 2.75) is 12.8 Å². The van der Waals surface area contributed by atoms with Crippen molar-refractivity contribution < 1.29 is 14.3 Å². The number of piperidine rings is 1. The standard InChI is InChI=1S/C14H20N2O3/c1-18-11-5-6-12(13(8-11)19-2)16-14(17)10-4-3-7-15-9-10/h5-6,8,10,15H,3-4,7,9H2,1-2H3,(H,16,17). The summed E-state index contributed by atoms with van der Waals surface area (Å²) in [7, 11) is 3.17. The first-order valence-electron chi connectivity index (χ1n) is 6.48. The Bertz CT molecular complexity index is 442. The highest BCUT2D eigenvalue weighted by Gasteiger charge is 2.21. The second-order valence-electron chi connectivity index (χ2n) is 4.60. The zero-order chi connectivity index (χ0) is 13.7. The predicted molar refractivity (Wildman–Crippen MR) is 73.8 cm³/mol. The quantitative estimate of drug-likeness (QED) is 0.868. The Kier molecular flexibility index (Phi) is 4.63. The number of carbonyl (C=O) groups excluding carboxylic acids is 1. The van der Waals surface area contributed by atoms with E-state index in [0.29, 0.717) is 17.2 Å². The van der Waals surface area contributed by atoms with Crippen molar-refractivity contribution in [2.75, 3.05) is 32.6 Å². The van der Waals surface area contributed by atoms with Crippen molar-refractivity contribution in [1.82, 2.24) is 5.32 Å². The fraction of sp³-hybridized carbons (Fsp3) is 0.500. The molecular weight excluding hydrogens is 244 g/mol. The number of nitrogens with one attached hydrogen (secondary N) is 2. The van der Waals surface area contributed by atoms with Crippen molar-refractivity contribution in [3.63, 3.8) is 0 Å². The van der Waals surface area contributed by atoms with Gasteiger partial charge in [-0.3, -0.25) is 4.79 Å². The summed E-state index contributed by atoms with van der Waals surface area (Å²) in [6, 6.07) is 5.36. The highest BCUT2D eigenvalue weighted by molar-refractivity contribution is 5.94. The number of rotatable bonds is 4. The monoisotopic (exact) mass is 264 g/mol. The Labute approximate surface area is 113 Å². The first-order valence-corrected chi connectivity index (χ1v) is 6.48. The average molecular weight is 264 g/mol. The van der Waals surface area contributed by atoms with Crippen molar-refractivity contribution >= 4 is 11.6 Å². The Balaban J connectivity index is 2.07. The number of methoxy groups -OCH3 is 2. The molecule has 1 saturated heterocycles. The van der Waals surface area contributed by atoms with Gasteiger partial charge in [0.15, 0.2) is 0 Å². The third-order valence-corrected chi connectivity index (χ3v) is 3.33. The molecule has 1 heterocycles. The van der Waals surface area contributed by atoms with Gasteiger partial charge in [-0.15, -0.1) is 0 Å². The van der Waals surface area contributed by atoms with E-state index in [4.69, 9.17) is 9.47 Å². The second kappa shape index (κ2) is 6.43. The van der Waals surface area contributed by atoms with Gasteiger partial charge in [0.25, 0.3) is 0 Å². The number of anilines is 1. The number of amides is 1. The van der Waals surface area contributed by atoms with E-state index in [9.17, 15) is 4.79 Å². The third kappa shape index (κ3) is 3.38. The van der Waals surface area contributed by atoms with Gasteiger partial charge in [0.1, 0.15) is 11.5 Å². The first-order chi connectivity index (χ1) is 9.24. The molecule has 5 heteroatoms. The number of hydrogen-bond donors (Lipinski definition) is 2. The van der Waals surface area contributed by atoms with Gasteiger partial charge in [0.05, 0.1) is 25.8 Å². The van der Waals surface area contributed by atoms with E-state index in [2.05, 4.69) is 10.6 Å². The maximum atomic E-state index is 12.2. The molecule has 0 bridgehead atoms. The number of ether oxygens (including phenoxy) is 2. The van der Waals surface area contributed by atoms with Crippen LogP contribution in [-0.2, 0) is 4.79 Å². The summed E-state index contributed by atoms with van der Waals surface area (Å²) in [4.78, 5) is 12.2. The third-order valence-electron chi connectivity index (χ3n) is 3.33. The van der Waals surface area contributed by atoms with Crippen LogP contribution in [0, 0.1) is 5.92 Å². The normalized spacial score (nSPS) is 18.7. The molecule has 19 heavy (non-hydrogen) atoms. The van der Waals surface area contributed by atoms with Crippen molar-refractivity contribution in [2.24, 2.45) is 5.92 Å². The van der Waals surface area contributed by atoms with E-state index in [1.54, 1.807) is 32.4 Å². The lowest BCUT2D eigenvalue weighted by Gasteiger charge is -2.22. The molecule has 5 nitrogen and oxygen atoms in total. The highest BCUT2D eigenvalue weighted by Crippen LogP contribution is 2.29. The van der Waals surface area contributed by atoms with Crippen LogP contribution in [0.25, 0.3) is 0 Å². The molecule has 0 spiro atoms. The summed E-state index contributed by atoms with van der Waals surface area (Å²) < 4.78 is 10.4. The fourth-order valence-corrected chi connectivity index (χ4v) is 2.21. The summed E-state index contributed by atoms with van der Waals surface area (Å²) in [6.45, 7) is 1.74. The van der Waals surface area contributed by atoms with Crippen LogP contribution >= 0.6 is 0 Å². The molecule has 0 aliphatic carbocycles. The second-order valence-corrected chi connectivity index (χ2v) is 4.60. The van der Waals surface area contributed by atoms with Gasteiger partial charge in [0.2, 0.25) is 5.91 Å². The Morgan fingerprint density at radius 2 is 2.21 bits per heavy atom. The smallest absolute Gasteiger partial charge is 0.228 e. The topological polar surface area (TPSA) is 59.6 Å². The van der Waals surface area contributed by atoms with Gasteiger partial charge in [-0.2, -0.15) is 0 Å². The average Bonchev–Trinajstić information content (AvgIpc) is 2.48. The van der Waals surface area contributed by atoms with Crippen molar-refractivity contribution in [3.05, 3.63) is 18.2 Å². The molecule has 2 N–H and O–H groups in total. The van der Waals surface area contributed by atoms with Gasteiger partial charge in [-0.1, -0.05) is 0 Å². The van der Waals surface area contributed by atoms with Crippen molar-refractivity contribution in [1.29, 1.82) is 0 Å². The summed E-state index contributed by atoms with van der Waals surface area (Å²) in [5.41, 5.74) is 0.680. The van der Waals surface area contributed by atoms with Gasteiger partial charge in [-0.25, -0.2) is 0 Å². The van der Waals surface area contributed by atoms with Crippen LogP contribution in [0.1, 0.15) is 12.8 Å². The summed E-state index contributed by atoms with van der Waals surface area (Å²) in [5.74, 6) is 1.38. The van der Waals surface area contributed by atoms with Crippen molar-refractivity contribution in [3.8, 4) is 11.5 Å². The predicted octanol–water partition coefficient (Wildman–Crippen LogP) is 1.64. The van der Waals surface area contributed by atoms with E-state index >= 15 is 0 Å². The molecule has 1 fully saturated rings. The van der Waals surface area contributed by atoms with Gasteiger partial charge in [-0.05, 0) is 31.5 Å². The van der Waals surface area contributed by atoms with Crippen LogP contribution in [0.5, 0.6) is 11.5 Å². The fourth-order valence-electron chi connectivity index (χ4n) is 2.21. The molecular formula is C14H20N2O3. The Morgan fingerprint density at radius 3 is 2.84 bits per heavy atom. The lowest BCUT2D eigenvalue weighted by atomic mass is 9.99. The number of carbonyl (C=O) groups is 1. The zero-order valence-electron chi connectivity index (χ0n) is 11.4. The zero-order valence-corrected chi connectivity index (χ0v) is 11.4. The highest BCUT2D eigenvalue weighted by atomic mass is 16.5. The molecule has 1 aliphatic heterocycles. The largest absolute Gasteiger partial charge is 0.497 e. The summed E-state index contributed by atoms with van der Waals surface area (Å²) >= 11 is 0.